The predicted octanol–water partition coefficient (Wildman–Crippen LogP) is 3.17. The number of carboxylic acids is 1. The minimum Gasteiger partial charge on any atom is -0.507 e. The van der Waals surface area contributed by atoms with Gasteiger partial charge in [-0.2, -0.15) is 0 Å². The number of phenols is 1. The zero-order valence-electron chi connectivity index (χ0n) is 9.38. The molecule has 7 heteroatoms. The summed E-state index contributed by atoms with van der Waals surface area (Å²) in [5.74, 6) is -1.94. The van der Waals surface area contributed by atoms with Gasteiger partial charge in [0, 0.05) is 11.8 Å². The predicted molar refractivity (Wildman–Crippen MR) is 75.0 cm³/mol. The van der Waals surface area contributed by atoms with Gasteiger partial charge in [-0.25, -0.2) is 4.79 Å². The van der Waals surface area contributed by atoms with E-state index < -0.39 is 11.7 Å². The standard InChI is InChI=1S/C12H8BrNO4S/c13-10-4-3-9(19-10)11(16)14-6-1-2-7(12(17)18)8(15)5-6/h1-5,15H,(H,14,16)(H,17,18). The van der Waals surface area contributed by atoms with Crippen LogP contribution in [0.25, 0.3) is 0 Å². The maximum atomic E-state index is 11.8. The minimum absolute atomic E-state index is 0.211. The highest BCUT2D eigenvalue weighted by Crippen LogP contribution is 2.25. The Hall–Kier alpha value is -1.86. The van der Waals surface area contributed by atoms with Crippen LogP contribution in [0, 0.1) is 0 Å². The van der Waals surface area contributed by atoms with Gasteiger partial charge in [-0.1, -0.05) is 0 Å². The molecular weight excluding hydrogens is 334 g/mol. The number of carbonyl (C=O) groups is 2. The molecule has 1 aromatic heterocycles. The quantitative estimate of drug-likeness (QED) is 0.800. The number of carboxylic acid groups (broad SMARTS) is 1. The number of amides is 1. The number of thiophene rings is 1. The summed E-state index contributed by atoms with van der Waals surface area (Å²) >= 11 is 4.53. The summed E-state index contributed by atoms with van der Waals surface area (Å²) < 4.78 is 0.835. The second-order valence-electron chi connectivity index (χ2n) is 3.59. The lowest BCUT2D eigenvalue weighted by molar-refractivity contribution is 0.0693. The van der Waals surface area contributed by atoms with E-state index in [1.165, 1.54) is 29.5 Å². The smallest absolute Gasteiger partial charge is 0.339 e. The number of hydrogen-bond acceptors (Lipinski definition) is 4. The van der Waals surface area contributed by atoms with Crippen molar-refractivity contribution in [2.24, 2.45) is 0 Å². The third kappa shape index (κ3) is 3.12. The van der Waals surface area contributed by atoms with Crippen molar-refractivity contribution in [3.05, 3.63) is 44.6 Å². The van der Waals surface area contributed by atoms with Gasteiger partial charge >= 0.3 is 5.97 Å². The molecule has 0 aliphatic carbocycles. The molecule has 0 aliphatic heterocycles. The number of hydrogen-bond donors (Lipinski definition) is 3. The third-order valence-electron chi connectivity index (χ3n) is 2.28. The summed E-state index contributed by atoms with van der Waals surface area (Å²) in [6, 6.07) is 7.27. The largest absolute Gasteiger partial charge is 0.507 e. The van der Waals surface area contributed by atoms with Crippen molar-refractivity contribution in [3.63, 3.8) is 0 Å². The fourth-order valence-electron chi connectivity index (χ4n) is 1.42. The number of rotatable bonds is 3. The zero-order valence-corrected chi connectivity index (χ0v) is 11.8. The van der Waals surface area contributed by atoms with Gasteiger partial charge in [0.1, 0.15) is 11.3 Å². The molecule has 0 radical (unpaired) electrons. The van der Waals surface area contributed by atoms with Crippen molar-refractivity contribution in [1.29, 1.82) is 0 Å². The molecule has 19 heavy (non-hydrogen) atoms. The van der Waals surface area contributed by atoms with Crippen molar-refractivity contribution in [2.45, 2.75) is 0 Å². The summed E-state index contributed by atoms with van der Waals surface area (Å²) in [6.07, 6.45) is 0. The van der Waals surface area contributed by atoms with Crippen LogP contribution in [0.4, 0.5) is 5.69 Å². The number of carbonyl (C=O) groups excluding carboxylic acids is 1. The summed E-state index contributed by atoms with van der Waals surface area (Å²) in [5.41, 5.74) is 0.119. The van der Waals surface area contributed by atoms with Crippen LogP contribution < -0.4 is 5.32 Å². The molecule has 0 bridgehead atoms. The number of halogens is 1. The van der Waals surface area contributed by atoms with Crippen molar-refractivity contribution in [3.8, 4) is 5.75 Å². The Morgan fingerprint density at radius 2 is 1.95 bits per heavy atom. The fourth-order valence-corrected chi connectivity index (χ4v) is 2.70. The van der Waals surface area contributed by atoms with Crippen molar-refractivity contribution in [2.75, 3.05) is 5.32 Å². The van der Waals surface area contributed by atoms with E-state index in [1.54, 1.807) is 12.1 Å². The Morgan fingerprint density at radius 1 is 1.21 bits per heavy atom. The van der Waals surface area contributed by atoms with Gasteiger partial charge in [-0.3, -0.25) is 4.79 Å². The monoisotopic (exact) mass is 341 g/mol. The van der Waals surface area contributed by atoms with Gasteiger partial charge in [0.15, 0.2) is 0 Å². The van der Waals surface area contributed by atoms with E-state index in [0.717, 1.165) is 3.79 Å². The number of aromatic hydroxyl groups is 1. The van der Waals surface area contributed by atoms with E-state index in [1.807, 2.05) is 0 Å². The van der Waals surface area contributed by atoms with Crippen molar-refractivity contribution < 1.29 is 19.8 Å². The molecule has 1 amide bonds. The highest BCUT2D eigenvalue weighted by Gasteiger charge is 2.12. The zero-order chi connectivity index (χ0) is 14.0. The first-order valence-corrected chi connectivity index (χ1v) is 6.71. The van der Waals surface area contributed by atoms with E-state index in [0.29, 0.717) is 10.6 Å². The summed E-state index contributed by atoms with van der Waals surface area (Å²) in [7, 11) is 0. The second-order valence-corrected chi connectivity index (χ2v) is 6.06. The molecular formula is C12H8BrNO4S. The van der Waals surface area contributed by atoms with Crippen molar-refractivity contribution >= 4 is 44.8 Å². The Morgan fingerprint density at radius 3 is 2.47 bits per heavy atom. The summed E-state index contributed by atoms with van der Waals surface area (Å²) in [5, 5.41) is 20.9. The molecule has 0 saturated carbocycles. The normalized spacial score (nSPS) is 10.2. The highest BCUT2D eigenvalue weighted by atomic mass is 79.9. The molecule has 0 aliphatic rings. The van der Waals surface area contributed by atoms with Gasteiger partial charge in [0.25, 0.3) is 5.91 Å². The van der Waals surface area contributed by atoms with Gasteiger partial charge in [-0.15, -0.1) is 11.3 Å². The van der Waals surface area contributed by atoms with E-state index in [-0.39, 0.29) is 11.5 Å². The molecule has 2 aromatic rings. The average Bonchev–Trinajstić information content (AvgIpc) is 2.75. The molecule has 3 N–H and O–H groups in total. The maximum Gasteiger partial charge on any atom is 0.339 e. The molecule has 98 valence electrons. The van der Waals surface area contributed by atoms with Crippen LogP contribution in [0.3, 0.4) is 0 Å². The molecule has 0 atom stereocenters. The topological polar surface area (TPSA) is 86.6 Å². The number of anilines is 1. The van der Waals surface area contributed by atoms with E-state index in [2.05, 4.69) is 21.2 Å². The van der Waals surface area contributed by atoms with Gasteiger partial charge in [0.2, 0.25) is 0 Å². The molecule has 5 nitrogen and oxygen atoms in total. The average molecular weight is 342 g/mol. The first-order chi connectivity index (χ1) is 8.97. The third-order valence-corrected chi connectivity index (χ3v) is 3.91. The molecule has 1 heterocycles. The number of aromatic carboxylic acids is 1. The SMILES string of the molecule is O=C(Nc1ccc(C(=O)O)c(O)c1)c1ccc(Br)s1. The van der Waals surface area contributed by atoms with Crippen LogP contribution in [0.5, 0.6) is 5.75 Å². The number of benzene rings is 1. The van der Waals surface area contributed by atoms with E-state index in [9.17, 15) is 14.7 Å². The first-order valence-electron chi connectivity index (χ1n) is 5.10. The Kier molecular flexibility index (Phi) is 3.87. The summed E-state index contributed by atoms with van der Waals surface area (Å²) in [6.45, 7) is 0. The van der Waals surface area contributed by atoms with Crippen LogP contribution >= 0.6 is 27.3 Å². The van der Waals surface area contributed by atoms with Crippen LogP contribution in [0.1, 0.15) is 20.0 Å². The molecule has 0 saturated heterocycles. The van der Waals surface area contributed by atoms with E-state index in [4.69, 9.17) is 5.11 Å². The van der Waals surface area contributed by atoms with Crippen molar-refractivity contribution in [1.82, 2.24) is 0 Å². The molecule has 2 rings (SSSR count). The lowest BCUT2D eigenvalue weighted by Gasteiger charge is -2.05. The highest BCUT2D eigenvalue weighted by molar-refractivity contribution is 9.11. The Balaban J connectivity index is 2.18. The van der Waals surface area contributed by atoms with E-state index >= 15 is 0 Å². The lowest BCUT2D eigenvalue weighted by atomic mass is 10.2. The lowest BCUT2D eigenvalue weighted by Crippen LogP contribution is -2.10. The van der Waals surface area contributed by atoms with Crippen LogP contribution in [-0.4, -0.2) is 22.1 Å². The van der Waals surface area contributed by atoms with Gasteiger partial charge in [-0.05, 0) is 40.2 Å². The molecule has 1 aromatic carbocycles. The summed E-state index contributed by atoms with van der Waals surface area (Å²) in [4.78, 5) is 23.1. The van der Waals surface area contributed by atoms with Gasteiger partial charge in [0.05, 0.1) is 8.66 Å². The Bertz CT molecular complexity index is 653. The molecule has 0 fully saturated rings. The van der Waals surface area contributed by atoms with Gasteiger partial charge < -0.3 is 15.5 Å². The fraction of sp³-hybridized carbons (Fsp3) is 0. The molecule has 0 spiro atoms. The maximum absolute atomic E-state index is 11.8. The first kappa shape index (κ1) is 13.6. The van der Waals surface area contributed by atoms with Crippen LogP contribution in [0.2, 0.25) is 0 Å². The Labute approximate surface area is 120 Å². The molecule has 0 unspecified atom stereocenters. The number of nitrogens with one attached hydrogen (secondary N) is 1. The van der Waals surface area contributed by atoms with Crippen LogP contribution in [0.15, 0.2) is 34.1 Å². The minimum atomic E-state index is -1.22. The van der Waals surface area contributed by atoms with Crippen LogP contribution in [-0.2, 0) is 0 Å². The second kappa shape index (κ2) is 5.41.